The summed E-state index contributed by atoms with van der Waals surface area (Å²) < 4.78 is 6.22. The van der Waals surface area contributed by atoms with Crippen molar-refractivity contribution in [3.8, 4) is 0 Å². The van der Waals surface area contributed by atoms with Gasteiger partial charge in [0.25, 0.3) is 5.56 Å². The van der Waals surface area contributed by atoms with Gasteiger partial charge >= 0.3 is 5.97 Å². The monoisotopic (exact) mass is 268 g/mol. The number of nitrogens with zero attached hydrogens (tertiary/aromatic N) is 2. The van der Waals surface area contributed by atoms with Crippen LogP contribution in [0.4, 0.5) is 0 Å². The zero-order valence-corrected chi connectivity index (χ0v) is 10.9. The van der Waals surface area contributed by atoms with Crippen molar-refractivity contribution in [2.45, 2.75) is 6.92 Å². The van der Waals surface area contributed by atoms with E-state index >= 15 is 0 Å². The average Bonchev–Trinajstić information content (AvgIpc) is 2.47. The summed E-state index contributed by atoms with van der Waals surface area (Å²) in [7, 11) is 0. The summed E-state index contributed by atoms with van der Waals surface area (Å²) in [5, 5.41) is 1.85. The molecule has 0 spiro atoms. The minimum absolute atomic E-state index is 0.0559. The lowest BCUT2D eigenvalue weighted by Gasteiger charge is -2.06. The molecule has 5 heteroatoms. The number of rotatable bonds is 2. The van der Waals surface area contributed by atoms with E-state index in [1.54, 1.807) is 13.1 Å². The third-order valence-corrected chi connectivity index (χ3v) is 3.09. The molecule has 0 bridgehead atoms. The minimum Gasteiger partial charge on any atom is -0.462 e. The number of hydrogen-bond acceptors (Lipinski definition) is 4. The molecule has 0 amide bonds. The first kappa shape index (κ1) is 12.3. The number of pyridine rings is 1. The Bertz CT molecular complexity index is 868. The van der Waals surface area contributed by atoms with Crippen molar-refractivity contribution in [2.24, 2.45) is 0 Å². The van der Waals surface area contributed by atoms with Crippen LogP contribution in [0.1, 0.15) is 17.3 Å². The molecule has 5 nitrogen and oxygen atoms in total. The summed E-state index contributed by atoms with van der Waals surface area (Å²) >= 11 is 0. The Kier molecular flexibility index (Phi) is 2.95. The predicted molar refractivity (Wildman–Crippen MR) is 74.9 cm³/mol. The Morgan fingerprint density at radius 2 is 2.10 bits per heavy atom. The van der Waals surface area contributed by atoms with Gasteiger partial charge in [0.2, 0.25) is 0 Å². The normalized spacial score (nSPS) is 10.8. The molecule has 3 rings (SSSR count). The van der Waals surface area contributed by atoms with Crippen molar-refractivity contribution in [3.63, 3.8) is 0 Å². The minimum atomic E-state index is -0.646. The Labute approximate surface area is 114 Å². The number of ether oxygens (including phenoxy) is 1. The summed E-state index contributed by atoms with van der Waals surface area (Å²) in [5.74, 6) is -0.646. The van der Waals surface area contributed by atoms with Crippen molar-refractivity contribution < 1.29 is 9.53 Å². The quantitative estimate of drug-likeness (QED) is 0.527. The van der Waals surface area contributed by atoms with Gasteiger partial charge in [-0.3, -0.25) is 9.20 Å². The van der Waals surface area contributed by atoms with Crippen LogP contribution in [0.15, 0.2) is 47.5 Å². The third-order valence-electron chi connectivity index (χ3n) is 3.09. The molecule has 0 aliphatic rings. The van der Waals surface area contributed by atoms with Crippen LogP contribution in [0, 0.1) is 0 Å². The van der Waals surface area contributed by atoms with E-state index in [0.29, 0.717) is 5.65 Å². The predicted octanol–water partition coefficient (Wildman–Crippen LogP) is 2.02. The molecular formula is C15H12N2O3. The van der Waals surface area contributed by atoms with Gasteiger partial charge in [-0.1, -0.05) is 24.3 Å². The second-order valence-electron chi connectivity index (χ2n) is 4.29. The molecule has 3 aromatic rings. The zero-order chi connectivity index (χ0) is 14.1. The molecule has 0 saturated carbocycles. The molecule has 0 fully saturated rings. The van der Waals surface area contributed by atoms with Gasteiger partial charge in [-0.25, -0.2) is 9.78 Å². The van der Waals surface area contributed by atoms with Crippen LogP contribution >= 0.6 is 0 Å². The highest BCUT2D eigenvalue weighted by molar-refractivity contribution is 5.94. The fraction of sp³-hybridized carbons (Fsp3) is 0.133. The maximum absolute atomic E-state index is 12.3. The summed E-state index contributed by atoms with van der Waals surface area (Å²) in [5.41, 5.74) is 0.0555. The van der Waals surface area contributed by atoms with Gasteiger partial charge in [-0.2, -0.15) is 0 Å². The lowest BCUT2D eigenvalue weighted by molar-refractivity contribution is 0.0523. The molecule has 0 radical (unpaired) electrons. The molecule has 1 aromatic carbocycles. The molecule has 20 heavy (non-hydrogen) atoms. The first-order valence-electron chi connectivity index (χ1n) is 6.28. The smallest absolute Gasteiger partial charge is 0.345 e. The average molecular weight is 268 g/mol. The summed E-state index contributed by atoms with van der Waals surface area (Å²) in [6.07, 6.45) is 2.90. The van der Waals surface area contributed by atoms with E-state index in [-0.39, 0.29) is 12.2 Å². The van der Waals surface area contributed by atoms with Gasteiger partial charge in [0.05, 0.1) is 6.61 Å². The molecule has 0 aliphatic heterocycles. The van der Waals surface area contributed by atoms with Crippen LogP contribution in [0.3, 0.4) is 0 Å². The molecule has 0 atom stereocenters. The zero-order valence-electron chi connectivity index (χ0n) is 10.9. The van der Waals surface area contributed by atoms with Crippen molar-refractivity contribution in [3.05, 3.63) is 58.6 Å². The van der Waals surface area contributed by atoms with E-state index in [1.165, 1.54) is 10.6 Å². The van der Waals surface area contributed by atoms with Crippen molar-refractivity contribution in [1.82, 2.24) is 9.38 Å². The number of esters is 1. The number of fused-ring (bicyclic) bond motifs is 3. The second-order valence-corrected chi connectivity index (χ2v) is 4.29. The Morgan fingerprint density at radius 1 is 1.30 bits per heavy atom. The Balaban J connectivity index is 2.32. The standard InChI is InChI=1S/C15H12N2O3/c1-2-20-15(19)12-9-16-13-11-6-4-3-5-10(11)7-8-17(13)14(12)18/h3-9H,2H2,1H3. The summed E-state index contributed by atoms with van der Waals surface area (Å²) in [6.45, 7) is 1.91. The van der Waals surface area contributed by atoms with Crippen molar-refractivity contribution >= 4 is 22.4 Å². The van der Waals surface area contributed by atoms with Crippen molar-refractivity contribution in [2.75, 3.05) is 6.61 Å². The van der Waals surface area contributed by atoms with Crippen LogP contribution in [0.5, 0.6) is 0 Å². The third kappa shape index (κ3) is 1.84. The molecule has 0 unspecified atom stereocenters. The van der Waals surface area contributed by atoms with Crippen LogP contribution in [0.25, 0.3) is 16.4 Å². The first-order chi connectivity index (χ1) is 9.72. The van der Waals surface area contributed by atoms with E-state index in [9.17, 15) is 9.59 Å². The second kappa shape index (κ2) is 4.77. The van der Waals surface area contributed by atoms with E-state index in [0.717, 1.165) is 10.8 Å². The molecular weight excluding hydrogens is 256 g/mol. The number of benzene rings is 1. The fourth-order valence-electron chi connectivity index (χ4n) is 2.16. The number of hydrogen-bond donors (Lipinski definition) is 0. The van der Waals surface area contributed by atoms with E-state index in [1.807, 2.05) is 30.3 Å². The van der Waals surface area contributed by atoms with E-state index in [4.69, 9.17) is 4.74 Å². The SMILES string of the molecule is CCOC(=O)c1cnc2c3ccccc3ccn2c1=O. The maximum Gasteiger partial charge on any atom is 0.345 e. The molecule has 0 saturated heterocycles. The van der Waals surface area contributed by atoms with Crippen molar-refractivity contribution in [1.29, 1.82) is 0 Å². The maximum atomic E-state index is 12.3. The van der Waals surface area contributed by atoms with Gasteiger partial charge in [-0.05, 0) is 18.4 Å². The lowest BCUT2D eigenvalue weighted by Crippen LogP contribution is -2.24. The topological polar surface area (TPSA) is 60.7 Å². The molecule has 0 N–H and O–H groups in total. The Morgan fingerprint density at radius 3 is 2.90 bits per heavy atom. The van der Waals surface area contributed by atoms with Gasteiger partial charge in [0.1, 0.15) is 11.2 Å². The Hall–Kier alpha value is -2.69. The highest BCUT2D eigenvalue weighted by atomic mass is 16.5. The van der Waals surface area contributed by atoms with E-state index < -0.39 is 11.5 Å². The van der Waals surface area contributed by atoms with Gasteiger partial charge in [-0.15, -0.1) is 0 Å². The summed E-state index contributed by atoms with van der Waals surface area (Å²) in [4.78, 5) is 28.2. The first-order valence-corrected chi connectivity index (χ1v) is 6.28. The largest absolute Gasteiger partial charge is 0.462 e. The van der Waals surface area contributed by atoms with Crippen LogP contribution in [-0.4, -0.2) is 22.0 Å². The summed E-state index contributed by atoms with van der Waals surface area (Å²) in [6, 6.07) is 9.46. The lowest BCUT2D eigenvalue weighted by atomic mass is 10.1. The van der Waals surface area contributed by atoms with Gasteiger partial charge in [0.15, 0.2) is 0 Å². The van der Waals surface area contributed by atoms with E-state index in [2.05, 4.69) is 4.98 Å². The van der Waals surface area contributed by atoms with Crippen LogP contribution in [-0.2, 0) is 4.74 Å². The number of aromatic nitrogens is 2. The highest BCUT2D eigenvalue weighted by Gasteiger charge is 2.14. The highest BCUT2D eigenvalue weighted by Crippen LogP contribution is 2.16. The number of carbonyl (C=O) groups excluding carboxylic acids is 1. The van der Waals surface area contributed by atoms with Crippen LogP contribution < -0.4 is 5.56 Å². The number of carbonyl (C=O) groups is 1. The molecule has 100 valence electrons. The van der Waals surface area contributed by atoms with Gasteiger partial charge in [0, 0.05) is 17.8 Å². The fourth-order valence-corrected chi connectivity index (χ4v) is 2.16. The molecule has 2 heterocycles. The molecule has 2 aromatic heterocycles. The van der Waals surface area contributed by atoms with Gasteiger partial charge < -0.3 is 4.74 Å². The van der Waals surface area contributed by atoms with Crippen LogP contribution in [0.2, 0.25) is 0 Å². The molecule has 0 aliphatic carbocycles.